The molecular formula is C11H16BrN3O3. The molecule has 1 aromatic heterocycles. The van der Waals surface area contributed by atoms with E-state index in [1.807, 2.05) is 14.0 Å². The maximum absolute atomic E-state index is 11.1. The Bertz CT molecular complexity index is 474. The standard InChI is InChI=1S/C11H16BrN3O3/c1-6-10(12)9(14(2)13-6)5-15-4-7(16)3-8(15)11(17)18/h7-8,16H,3-5H2,1-2H3,(H,17,18). The number of hydrogen-bond donors (Lipinski definition) is 2. The predicted molar refractivity (Wildman–Crippen MR) is 68.1 cm³/mol. The summed E-state index contributed by atoms with van der Waals surface area (Å²) in [5.74, 6) is -0.887. The number of carboxylic acid groups (broad SMARTS) is 1. The zero-order valence-electron chi connectivity index (χ0n) is 10.3. The summed E-state index contributed by atoms with van der Waals surface area (Å²) in [5, 5.41) is 23.0. The van der Waals surface area contributed by atoms with E-state index in [1.54, 1.807) is 9.58 Å². The molecule has 0 bridgehead atoms. The van der Waals surface area contributed by atoms with Gasteiger partial charge in [0.15, 0.2) is 0 Å². The van der Waals surface area contributed by atoms with Gasteiger partial charge in [-0.2, -0.15) is 5.10 Å². The van der Waals surface area contributed by atoms with Crippen molar-refractivity contribution in [2.45, 2.75) is 32.0 Å². The smallest absolute Gasteiger partial charge is 0.321 e. The Kier molecular flexibility index (Phi) is 3.74. The van der Waals surface area contributed by atoms with E-state index in [2.05, 4.69) is 21.0 Å². The fourth-order valence-electron chi connectivity index (χ4n) is 2.36. The molecule has 1 saturated heterocycles. The third kappa shape index (κ3) is 2.43. The van der Waals surface area contributed by atoms with Gasteiger partial charge in [0.2, 0.25) is 0 Å². The van der Waals surface area contributed by atoms with Crippen LogP contribution in [0.5, 0.6) is 0 Å². The second-order valence-electron chi connectivity index (χ2n) is 4.64. The second-order valence-corrected chi connectivity index (χ2v) is 5.44. The Morgan fingerprint density at radius 3 is 2.78 bits per heavy atom. The molecule has 2 N–H and O–H groups in total. The molecule has 6 nitrogen and oxygen atoms in total. The normalized spacial score (nSPS) is 24.7. The van der Waals surface area contributed by atoms with Crippen molar-refractivity contribution in [1.29, 1.82) is 0 Å². The number of nitrogens with zero attached hydrogens (tertiary/aromatic N) is 3. The number of aromatic nitrogens is 2. The summed E-state index contributed by atoms with van der Waals surface area (Å²) >= 11 is 3.46. The first kappa shape index (κ1) is 13.5. The topological polar surface area (TPSA) is 78.6 Å². The van der Waals surface area contributed by atoms with Crippen molar-refractivity contribution in [3.05, 3.63) is 15.9 Å². The number of hydrogen-bond acceptors (Lipinski definition) is 4. The lowest BCUT2D eigenvalue weighted by Crippen LogP contribution is -2.36. The number of β-amino-alcohol motifs (C(OH)–C–C–N with tert-alkyl or cyclic N) is 1. The largest absolute Gasteiger partial charge is 0.480 e. The Morgan fingerprint density at radius 1 is 1.61 bits per heavy atom. The summed E-state index contributed by atoms with van der Waals surface area (Å²) in [7, 11) is 1.83. The summed E-state index contributed by atoms with van der Waals surface area (Å²) in [6, 6.07) is -0.623. The third-order valence-corrected chi connectivity index (χ3v) is 4.31. The SMILES string of the molecule is Cc1nn(C)c(CN2CC(O)CC2C(=O)O)c1Br. The monoisotopic (exact) mass is 317 g/mol. The Labute approximate surface area is 113 Å². The number of rotatable bonds is 3. The molecule has 100 valence electrons. The van der Waals surface area contributed by atoms with Gasteiger partial charge in [0.1, 0.15) is 6.04 Å². The zero-order valence-corrected chi connectivity index (χ0v) is 11.9. The first-order chi connectivity index (χ1) is 8.40. The van der Waals surface area contributed by atoms with Crippen molar-refractivity contribution in [2.75, 3.05) is 6.54 Å². The quantitative estimate of drug-likeness (QED) is 0.849. The lowest BCUT2D eigenvalue weighted by Gasteiger charge is -2.20. The highest BCUT2D eigenvalue weighted by molar-refractivity contribution is 9.10. The van der Waals surface area contributed by atoms with Crippen LogP contribution in [0, 0.1) is 6.92 Å². The summed E-state index contributed by atoms with van der Waals surface area (Å²) in [4.78, 5) is 12.9. The molecule has 1 aliphatic rings. The van der Waals surface area contributed by atoms with Gasteiger partial charge < -0.3 is 10.2 Å². The lowest BCUT2D eigenvalue weighted by molar-refractivity contribution is -0.142. The fourth-order valence-corrected chi connectivity index (χ4v) is 2.82. The molecule has 2 rings (SSSR count). The van der Waals surface area contributed by atoms with Gasteiger partial charge in [-0.15, -0.1) is 0 Å². The number of likely N-dealkylation sites (tertiary alicyclic amines) is 1. The summed E-state index contributed by atoms with van der Waals surface area (Å²) in [5.41, 5.74) is 1.80. The van der Waals surface area contributed by atoms with Crippen LogP contribution in [0.25, 0.3) is 0 Å². The number of halogens is 1. The molecule has 0 radical (unpaired) electrons. The number of carboxylic acids is 1. The van der Waals surface area contributed by atoms with Crippen LogP contribution in [0.3, 0.4) is 0 Å². The van der Waals surface area contributed by atoms with Gasteiger partial charge in [-0.3, -0.25) is 14.4 Å². The number of aryl methyl sites for hydroxylation is 2. The van der Waals surface area contributed by atoms with Gasteiger partial charge in [0.25, 0.3) is 0 Å². The molecular weight excluding hydrogens is 302 g/mol. The molecule has 0 saturated carbocycles. The maximum atomic E-state index is 11.1. The molecule has 2 atom stereocenters. The molecule has 1 fully saturated rings. The first-order valence-corrected chi connectivity index (χ1v) is 6.52. The van der Waals surface area contributed by atoms with Gasteiger partial charge >= 0.3 is 5.97 Å². The predicted octanol–water partition coefficient (Wildman–Crippen LogP) is 0.511. The minimum atomic E-state index is -0.887. The van der Waals surface area contributed by atoms with E-state index in [4.69, 9.17) is 5.11 Å². The van der Waals surface area contributed by atoms with Crippen molar-refractivity contribution >= 4 is 21.9 Å². The Balaban J connectivity index is 2.20. The molecule has 2 heterocycles. The van der Waals surface area contributed by atoms with E-state index < -0.39 is 18.1 Å². The van der Waals surface area contributed by atoms with Crippen molar-refractivity contribution in [3.63, 3.8) is 0 Å². The highest BCUT2D eigenvalue weighted by atomic mass is 79.9. The van der Waals surface area contributed by atoms with Gasteiger partial charge in [-0.05, 0) is 22.9 Å². The van der Waals surface area contributed by atoms with Gasteiger partial charge in [0, 0.05) is 26.6 Å². The van der Waals surface area contributed by atoms with E-state index in [0.717, 1.165) is 15.9 Å². The average Bonchev–Trinajstić information content (AvgIpc) is 2.75. The highest BCUT2D eigenvalue weighted by Gasteiger charge is 2.36. The van der Waals surface area contributed by atoms with Crippen LogP contribution in [0.2, 0.25) is 0 Å². The number of aliphatic hydroxyl groups excluding tert-OH is 1. The van der Waals surface area contributed by atoms with Crippen molar-refractivity contribution in [2.24, 2.45) is 7.05 Å². The van der Waals surface area contributed by atoms with Crippen LogP contribution in [-0.2, 0) is 18.4 Å². The third-order valence-electron chi connectivity index (χ3n) is 3.28. The minimum Gasteiger partial charge on any atom is -0.480 e. The van der Waals surface area contributed by atoms with Crippen LogP contribution in [0.4, 0.5) is 0 Å². The number of aliphatic carboxylic acids is 1. The summed E-state index contributed by atoms with van der Waals surface area (Å²) in [6.07, 6.45) is -0.289. The van der Waals surface area contributed by atoms with Crippen molar-refractivity contribution in [1.82, 2.24) is 14.7 Å². The number of aliphatic hydroxyl groups is 1. The molecule has 0 spiro atoms. The molecule has 7 heteroatoms. The summed E-state index contributed by atoms with van der Waals surface area (Å²) < 4.78 is 2.64. The van der Waals surface area contributed by atoms with E-state index in [-0.39, 0.29) is 6.42 Å². The van der Waals surface area contributed by atoms with Crippen LogP contribution in [-0.4, -0.2) is 49.6 Å². The van der Waals surface area contributed by atoms with Gasteiger partial charge in [-0.1, -0.05) is 0 Å². The highest BCUT2D eigenvalue weighted by Crippen LogP contribution is 2.26. The number of carbonyl (C=O) groups is 1. The first-order valence-electron chi connectivity index (χ1n) is 5.73. The molecule has 1 aliphatic heterocycles. The Morgan fingerprint density at radius 2 is 2.28 bits per heavy atom. The van der Waals surface area contributed by atoms with E-state index >= 15 is 0 Å². The molecule has 18 heavy (non-hydrogen) atoms. The van der Waals surface area contributed by atoms with Crippen molar-refractivity contribution in [3.8, 4) is 0 Å². The molecule has 0 amide bonds. The molecule has 2 unspecified atom stereocenters. The van der Waals surface area contributed by atoms with Gasteiger partial charge in [-0.25, -0.2) is 0 Å². The van der Waals surface area contributed by atoms with Crippen LogP contribution in [0.1, 0.15) is 17.8 Å². The van der Waals surface area contributed by atoms with Crippen LogP contribution >= 0.6 is 15.9 Å². The van der Waals surface area contributed by atoms with E-state index in [0.29, 0.717) is 13.1 Å². The lowest BCUT2D eigenvalue weighted by atomic mass is 10.2. The van der Waals surface area contributed by atoms with Crippen LogP contribution < -0.4 is 0 Å². The molecule has 0 aliphatic carbocycles. The van der Waals surface area contributed by atoms with E-state index in [1.165, 1.54) is 0 Å². The maximum Gasteiger partial charge on any atom is 0.321 e. The fraction of sp³-hybridized carbons (Fsp3) is 0.636. The minimum absolute atomic E-state index is 0.282. The zero-order chi connectivity index (χ0) is 13.4. The van der Waals surface area contributed by atoms with Crippen LogP contribution in [0.15, 0.2) is 4.47 Å². The van der Waals surface area contributed by atoms with E-state index in [9.17, 15) is 9.90 Å². The Hall–Kier alpha value is -0.920. The van der Waals surface area contributed by atoms with Gasteiger partial charge in [0.05, 0.1) is 22.0 Å². The molecule has 0 aromatic carbocycles. The second kappa shape index (κ2) is 4.99. The average molecular weight is 318 g/mol. The van der Waals surface area contributed by atoms with Crippen molar-refractivity contribution < 1.29 is 15.0 Å². The molecule has 1 aromatic rings. The summed E-state index contributed by atoms with van der Waals surface area (Å²) in [6.45, 7) is 2.74.